The van der Waals surface area contributed by atoms with Crippen LogP contribution in [0.2, 0.25) is 0 Å². The van der Waals surface area contributed by atoms with Crippen LogP contribution in [0.15, 0.2) is 12.1 Å². The van der Waals surface area contributed by atoms with Gasteiger partial charge >= 0.3 is 0 Å². The van der Waals surface area contributed by atoms with Crippen molar-refractivity contribution in [3.05, 3.63) is 33.6 Å². The van der Waals surface area contributed by atoms with Crippen LogP contribution in [-0.4, -0.2) is 10.0 Å². The Morgan fingerprint density at radius 2 is 2.27 bits per heavy atom. The maximum atomic E-state index is 13.1. The first-order chi connectivity index (χ1) is 6.91. The van der Waals surface area contributed by atoms with E-state index in [0.29, 0.717) is 0 Å². The summed E-state index contributed by atoms with van der Waals surface area (Å²) in [7, 11) is 0. The fourth-order valence-corrected chi connectivity index (χ4v) is 1.16. The number of aryl methyl sites for hydroxylation is 1. The van der Waals surface area contributed by atoms with Gasteiger partial charge in [0.25, 0.3) is 5.69 Å². The van der Waals surface area contributed by atoms with E-state index in [0.717, 1.165) is 6.07 Å². The topological polar surface area (TPSA) is 81.2 Å². The number of nitrogens with one attached hydrogen (secondary N) is 1. The lowest BCUT2D eigenvalue weighted by molar-refractivity contribution is -0.384. The quantitative estimate of drug-likeness (QED) is 0.458. The minimum atomic E-state index is -0.705. The average molecular weight is 229 g/mol. The standard InChI is InChI=1S/C8H8FN3O2S/c1-4-2-6(11-8(10)15)7(12(13)14)3-5(4)9/h2-3H,1H3,(H3,10,11,15). The van der Waals surface area contributed by atoms with Crippen molar-refractivity contribution in [3.63, 3.8) is 0 Å². The zero-order valence-electron chi connectivity index (χ0n) is 7.78. The number of halogens is 1. The molecule has 1 aromatic carbocycles. The van der Waals surface area contributed by atoms with E-state index in [1.165, 1.54) is 13.0 Å². The maximum absolute atomic E-state index is 13.1. The molecule has 0 spiro atoms. The highest BCUT2D eigenvalue weighted by atomic mass is 32.1. The molecule has 0 amide bonds. The first kappa shape index (κ1) is 11.3. The number of rotatable bonds is 2. The van der Waals surface area contributed by atoms with E-state index in [2.05, 4.69) is 17.5 Å². The summed E-state index contributed by atoms with van der Waals surface area (Å²) in [5.41, 5.74) is 5.15. The SMILES string of the molecule is Cc1cc(NC(N)=S)c([N+](=O)[O-])cc1F. The molecule has 0 heterocycles. The van der Waals surface area contributed by atoms with Gasteiger partial charge in [-0.15, -0.1) is 0 Å². The van der Waals surface area contributed by atoms with Crippen LogP contribution < -0.4 is 11.1 Å². The molecule has 0 aliphatic heterocycles. The Balaban J connectivity index is 3.28. The van der Waals surface area contributed by atoms with Crippen LogP contribution in [0.4, 0.5) is 15.8 Å². The lowest BCUT2D eigenvalue weighted by Gasteiger charge is -2.06. The number of nitrogens with zero attached hydrogens (tertiary/aromatic N) is 1. The van der Waals surface area contributed by atoms with Crippen molar-refractivity contribution in [3.8, 4) is 0 Å². The van der Waals surface area contributed by atoms with Crippen molar-refractivity contribution < 1.29 is 9.31 Å². The zero-order chi connectivity index (χ0) is 11.6. The van der Waals surface area contributed by atoms with Crippen LogP contribution in [0.3, 0.4) is 0 Å². The second-order valence-electron chi connectivity index (χ2n) is 2.86. The summed E-state index contributed by atoms with van der Waals surface area (Å²) >= 11 is 4.55. The predicted molar refractivity (Wildman–Crippen MR) is 58.2 cm³/mol. The molecule has 80 valence electrons. The van der Waals surface area contributed by atoms with E-state index in [1.807, 2.05) is 0 Å². The van der Waals surface area contributed by atoms with Gasteiger partial charge in [0.2, 0.25) is 0 Å². The van der Waals surface area contributed by atoms with Gasteiger partial charge in [-0.1, -0.05) is 0 Å². The number of hydrogen-bond acceptors (Lipinski definition) is 3. The lowest BCUT2D eigenvalue weighted by Crippen LogP contribution is -2.19. The normalized spacial score (nSPS) is 9.73. The molecule has 0 aromatic heterocycles. The Hall–Kier alpha value is -1.76. The van der Waals surface area contributed by atoms with E-state index >= 15 is 0 Å². The third kappa shape index (κ3) is 2.59. The number of nitrogens with two attached hydrogens (primary N) is 1. The molecular formula is C8H8FN3O2S. The molecule has 0 saturated heterocycles. The van der Waals surface area contributed by atoms with Gasteiger partial charge in [-0.25, -0.2) is 4.39 Å². The average Bonchev–Trinajstić information content (AvgIpc) is 2.09. The van der Waals surface area contributed by atoms with Gasteiger partial charge in [0, 0.05) is 0 Å². The summed E-state index contributed by atoms with van der Waals surface area (Å²) in [6, 6.07) is 2.11. The predicted octanol–water partition coefficient (Wildman–Crippen LogP) is 1.70. The van der Waals surface area contributed by atoms with Crippen molar-refractivity contribution in [2.45, 2.75) is 6.92 Å². The number of hydrogen-bond donors (Lipinski definition) is 2. The third-order valence-electron chi connectivity index (χ3n) is 1.73. The van der Waals surface area contributed by atoms with Gasteiger partial charge < -0.3 is 11.1 Å². The molecule has 0 bridgehead atoms. The van der Waals surface area contributed by atoms with Gasteiger partial charge in [0.1, 0.15) is 11.5 Å². The van der Waals surface area contributed by atoms with E-state index in [4.69, 9.17) is 5.73 Å². The van der Waals surface area contributed by atoms with Crippen molar-refractivity contribution in [2.75, 3.05) is 5.32 Å². The Morgan fingerprint density at radius 3 is 2.73 bits per heavy atom. The molecule has 0 unspecified atom stereocenters. The maximum Gasteiger partial charge on any atom is 0.295 e. The molecule has 0 aliphatic carbocycles. The third-order valence-corrected chi connectivity index (χ3v) is 1.83. The number of nitro benzene ring substituents is 1. The molecule has 0 saturated carbocycles. The minimum absolute atomic E-state index is 0.0893. The van der Waals surface area contributed by atoms with Crippen molar-refractivity contribution in [1.29, 1.82) is 0 Å². The van der Waals surface area contributed by atoms with E-state index in [9.17, 15) is 14.5 Å². The second kappa shape index (κ2) is 4.18. The Bertz CT molecular complexity index is 436. The van der Waals surface area contributed by atoms with Crippen LogP contribution in [0.5, 0.6) is 0 Å². The molecule has 7 heteroatoms. The number of benzene rings is 1. The molecule has 0 fully saturated rings. The fraction of sp³-hybridized carbons (Fsp3) is 0.125. The number of anilines is 1. The molecule has 15 heavy (non-hydrogen) atoms. The monoisotopic (exact) mass is 229 g/mol. The van der Waals surface area contributed by atoms with Gasteiger partial charge in [0.05, 0.1) is 11.0 Å². The highest BCUT2D eigenvalue weighted by Gasteiger charge is 2.17. The van der Waals surface area contributed by atoms with Crippen LogP contribution in [0.1, 0.15) is 5.56 Å². The summed E-state index contributed by atoms with van der Waals surface area (Å²) in [5.74, 6) is -0.643. The van der Waals surface area contributed by atoms with Crippen LogP contribution in [0.25, 0.3) is 0 Å². The van der Waals surface area contributed by atoms with Gasteiger partial charge in [-0.3, -0.25) is 10.1 Å². The molecule has 0 atom stereocenters. The molecule has 1 rings (SSSR count). The summed E-state index contributed by atoms with van der Waals surface area (Å²) in [6.45, 7) is 1.49. The van der Waals surface area contributed by atoms with E-state index in [-0.39, 0.29) is 16.4 Å². The summed E-state index contributed by atoms with van der Waals surface area (Å²) < 4.78 is 13.1. The van der Waals surface area contributed by atoms with Crippen LogP contribution in [-0.2, 0) is 0 Å². The number of thiocarbonyl (C=S) groups is 1. The number of nitro groups is 1. The molecule has 5 nitrogen and oxygen atoms in total. The van der Waals surface area contributed by atoms with Gasteiger partial charge in [0.15, 0.2) is 5.11 Å². The van der Waals surface area contributed by atoms with Gasteiger partial charge in [-0.2, -0.15) is 0 Å². The molecule has 0 radical (unpaired) electrons. The lowest BCUT2D eigenvalue weighted by atomic mass is 10.2. The smallest absolute Gasteiger partial charge is 0.295 e. The molecule has 3 N–H and O–H groups in total. The molecular weight excluding hydrogens is 221 g/mol. The van der Waals surface area contributed by atoms with Crippen LogP contribution in [0, 0.1) is 22.9 Å². The highest BCUT2D eigenvalue weighted by molar-refractivity contribution is 7.80. The Kier molecular flexibility index (Phi) is 3.15. The molecule has 0 aliphatic rings. The first-order valence-electron chi connectivity index (χ1n) is 3.93. The summed E-state index contributed by atoms with van der Waals surface area (Å²) in [4.78, 5) is 9.88. The minimum Gasteiger partial charge on any atom is -0.376 e. The Labute approximate surface area is 90.2 Å². The second-order valence-corrected chi connectivity index (χ2v) is 3.30. The van der Waals surface area contributed by atoms with Crippen molar-refractivity contribution in [2.24, 2.45) is 5.73 Å². The van der Waals surface area contributed by atoms with Crippen molar-refractivity contribution >= 4 is 28.7 Å². The first-order valence-corrected chi connectivity index (χ1v) is 4.33. The van der Waals surface area contributed by atoms with Crippen LogP contribution >= 0.6 is 12.2 Å². The summed E-state index contributed by atoms with van der Waals surface area (Å²) in [6.07, 6.45) is 0. The Morgan fingerprint density at radius 1 is 1.67 bits per heavy atom. The van der Waals surface area contributed by atoms with Crippen molar-refractivity contribution in [1.82, 2.24) is 0 Å². The fourth-order valence-electron chi connectivity index (χ4n) is 1.05. The zero-order valence-corrected chi connectivity index (χ0v) is 8.60. The highest BCUT2D eigenvalue weighted by Crippen LogP contribution is 2.27. The summed E-state index contributed by atoms with van der Waals surface area (Å²) in [5, 5.41) is 12.9. The largest absolute Gasteiger partial charge is 0.376 e. The van der Waals surface area contributed by atoms with E-state index in [1.54, 1.807) is 0 Å². The van der Waals surface area contributed by atoms with Gasteiger partial charge in [-0.05, 0) is 30.8 Å². The molecule has 1 aromatic rings. The van der Waals surface area contributed by atoms with E-state index < -0.39 is 16.4 Å².